The average Bonchev–Trinajstić information content (AvgIpc) is 2.90. The van der Waals surface area contributed by atoms with Gasteiger partial charge in [0.1, 0.15) is 5.75 Å². The van der Waals surface area contributed by atoms with Gasteiger partial charge in [-0.3, -0.25) is 4.79 Å². The van der Waals surface area contributed by atoms with Crippen molar-refractivity contribution < 1.29 is 19.4 Å². The summed E-state index contributed by atoms with van der Waals surface area (Å²) in [5.74, 6) is 1.59. The predicted molar refractivity (Wildman–Crippen MR) is 118 cm³/mol. The monoisotopic (exact) mass is 412 g/mol. The van der Waals surface area contributed by atoms with Crippen LogP contribution in [-0.2, 0) is 17.6 Å². The molecule has 2 N–H and O–H groups in total. The van der Waals surface area contributed by atoms with Crippen molar-refractivity contribution >= 4 is 5.91 Å². The third kappa shape index (κ3) is 5.45. The Morgan fingerprint density at radius 1 is 1.10 bits per heavy atom. The minimum Gasteiger partial charge on any atom is -0.508 e. The van der Waals surface area contributed by atoms with Crippen LogP contribution < -0.4 is 14.8 Å². The molecule has 6 heteroatoms. The van der Waals surface area contributed by atoms with Crippen LogP contribution in [0.25, 0.3) is 0 Å². The number of hydrogen-bond acceptors (Lipinski definition) is 5. The van der Waals surface area contributed by atoms with E-state index in [4.69, 9.17) is 9.47 Å². The second-order valence-corrected chi connectivity index (χ2v) is 7.86. The number of carbonyl (C=O) groups is 1. The topological polar surface area (TPSA) is 71.0 Å². The third-order valence-electron chi connectivity index (χ3n) is 5.78. The van der Waals surface area contributed by atoms with Crippen LogP contribution >= 0.6 is 0 Å². The maximum atomic E-state index is 12.7. The fourth-order valence-corrected chi connectivity index (χ4v) is 4.01. The molecule has 0 aliphatic carbocycles. The number of methoxy groups -OCH3 is 2. The lowest BCUT2D eigenvalue weighted by Gasteiger charge is -2.21. The highest BCUT2D eigenvalue weighted by Crippen LogP contribution is 2.36. The van der Waals surface area contributed by atoms with Gasteiger partial charge < -0.3 is 24.8 Å². The standard InChI is InChI=1S/C24H32N2O4/c1-26(14-11-17-6-8-19(27)9-7-17)13-4-5-20-21-16-23(30-3)22(29-2)15-18(21)10-12-25-24(20)28/h6-9,15-16,20,27H,4-5,10-14H2,1-3H3,(H,25,28). The van der Waals surface area contributed by atoms with Crippen molar-refractivity contribution in [3.8, 4) is 17.2 Å². The molecule has 1 aliphatic rings. The minimum atomic E-state index is -0.173. The van der Waals surface area contributed by atoms with Gasteiger partial charge in [0, 0.05) is 13.1 Å². The fraction of sp³-hybridized carbons (Fsp3) is 0.458. The van der Waals surface area contributed by atoms with Crippen molar-refractivity contribution in [1.29, 1.82) is 0 Å². The van der Waals surface area contributed by atoms with Crippen LogP contribution in [-0.4, -0.2) is 56.8 Å². The van der Waals surface area contributed by atoms with Gasteiger partial charge in [-0.05, 0) is 80.2 Å². The van der Waals surface area contributed by atoms with E-state index in [9.17, 15) is 9.90 Å². The van der Waals surface area contributed by atoms with E-state index in [2.05, 4.69) is 17.3 Å². The summed E-state index contributed by atoms with van der Waals surface area (Å²) >= 11 is 0. The quantitative estimate of drug-likeness (QED) is 0.662. The van der Waals surface area contributed by atoms with E-state index < -0.39 is 0 Å². The molecule has 1 atom stereocenters. The van der Waals surface area contributed by atoms with Gasteiger partial charge in [-0.15, -0.1) is 0 Å². The predicted octanol–water partition coefficient (Wildman–Crippen LogP) is 3.12. The first kappa shape index (κ1) is 22.0. The van der Waals surface area contributed by atoms with Crippen LogP contribution in [0.15, 0.2) is 36.4 Å². The molecule has 0 saturated heterocycles. The largest absolute Gasteiger partial charge is 0.508 e. The number of fused-ring (bicyclic) bond motifs is 1. The van der Waals surface area contributed by atoms with E-state index in [1.165, 1.54) is 5.56 Å². The molecule has 0 saturated carbocycles. The summed E-state index contributed by atoms with van der Waals surface area (Å²) in [4.78, 5) is 15.0. The second-order valence-electron chi connectivity index (χ2n) is 7.86. The number of phenols is 1. The molecule has 1 heterocycles. The maximum absolute atomic E-state index is 12.7. The lowest BCUT2D eigenvalue weighted by molar-refractivity contribution is -0.122. The van der Waals surface area contributed by atoms with Gasteiger partial charge in [0.15, 0.2) is 11.5 Å². The Morgan fingerprint density at radius 3 is 2.50 bits per heavy atom. The van der Waals surface area contributed by atoms with Gasteiger partial charge in [-0.25, -0.2) is 0 Å². The van der Waals surface area contributed by atoms with Crippen LogP contribution in [0.4, 0.5) is 0 Å². The van der Waals surface area contributed by atoms with Crippen molar-refractivity contribution in [3.63, 3.8) is 0 Å². The Balaban J connectivity index is 1.60. The van der Waals surface area contributed by atoms with Crippen molar-refractivity contribution in [1.82, 2.24) is 10.2 Å². The zero-order valence-electron chi connectivity index (χ0n) is 18.1. The molecule has 0 aromatic heterocycles. The van der Waals surface area contributed by atoms with E-state index in [1.807, 2.05) is 24.3 Å². The van der Waals surface area contributed by atoms with Crippen LogP contribution in [0.3, 0.4) is 0 Å². The lowest BCUT2D eigenvalue weighted by Crippen LogP contribution is -2.29. The van der Waals surface area contributed by atoms with Gasteiger partial charge >= 0.3 is 0 Å². The number of phenolic OH excluding ortho intramolecular Hbond substituents is 1. The molecule has 2 aromatic rings. The molecular formula is C24H32N2O4. The number of nitrogens with zero attached hydrogens (tertiary/aromatic N) is 1. The molecule has 0 spiro atoms. The average molecular weight is 413 g/mol. The highest BCUT2D eigenvalue weighted by atomic mass is 16.5. The number of likely N-dealkylation sites (N-methyl/N-ethyl adjacent to an activating group) is 1. The Bertz CT molecular complexity index is 851. The first-order chi connectivity index (χ1) is 14.5. The van der Waals surface area contributed by atoms with Gasteiger partial charge in [0.2, 0.25) is 5.91 Å². The number of aromatic hydroxyl groups is 1. The van der Waals surface area contributed by atoms with Crippen molar-refractivity contribution in [2.45, 2.75) is 31.6 Å². The van der Waals surface area contributed by atoms with Gasteiger partial charge in [-0.1, -0.05) is 12.1 Å². The first-order valence-corrected chi connectivity index (χ1v) is 10.5. The molecule has 0 bridgehead atoms. The van der Waals surface area contributed by atoms with E-state index >= 15 is 0 Å². The molecule has 0 radical (unpaired) electrons. The molecule has 1 amide bonds. The number of amides is 1. The van der Waals surface area contributed by atoms with Crippen LogP contribution in [0.5, 0.6) is 17.2 Å². The molecule has 3 rings (SSSR count). The van der Waals surface area contributed by atoms with Crippen LogP contribution in [0.2, 0.25) is 0 Å². The number of rotatable bonds is 9. The summed E-state index contributed by atoms with van der Waals surface area (Å²) in [6, 6.07) is 11.3. The molecule has 1 unspecified atom stereocenters. The molecule has 6 nitrogen and oxygen atoms in total. The summed E-state index contributed by atoms with van der Waals surface area (Å²) < 4.78 is 10.9. The van der Waals surface area contributed by atoms with E-state index in [0.717, 1.165) is 49.9 Å². The van der Waals surface area contributed by atoms with Crippen LogP contribution in [0.1, 0.15) is 35.4 Å². The van der Waals surface area contributed by atoms with Crippen molar-refractivity contribution in [3.05, 3.63) is 53.1 Å². The number of ether oxygens (including phenoxy) is 2. The highest BCUT2D eigenvalue weighted by Gasteiger charge is 2.27. The Hall–Kier alpha value is -2.73. The van der Waals surface area contributed by atoms with Gasteiger partial charge in [-0.2, -0.15) is 0 Å². The van der Waals surface area contributed by atoms with Gasteiger partial charge in [0.05, 0.1) is 20.1 Å². The third-order valence-corrected chi connectivity index (χ3v) is 5.78. The number of carbonyl (C=O) groups excluding carboxylic acids is 1. The fourth-order valence-electron chi connectivity index (χ4n) is 4.01. The van der Waals surface area contributed by atoms with E-state index in [-0.39, 0.29) is 11.8 Å². The molecule has 30 heavy (non-hydrogen) atoms. The van der Waals surface area contributed by atoms with Crippen molar-refractivity contribution in [2.24, 2.45) is 0 Å². The zero-order valence-corrected chi connectivity index (χ0v) is 18.1. The number of nitrogens with one attached hydrogen (secondary N) is 1. The van der Waals surface area contributed by atoms with Crippen molar-refractivity contribution in [2.75, 3.05) is 40.9 Å². The Kier molecular flexibility index (Phi) is 7.57. The smallest absolute Gasteiger partial charge is 0.227 e. The summed E-state index contributed by atoms with van der Waals surface area (Å²) in [7, 11) is 5.37. The van der Waals surface area contributed by atoms with Gasteiger partial charge in [0.25, 0.3) is 0 Å². The lowest BCUT2D eigenvalue weighted by atomic mass is 9.89. The normalized spacial score (nSPS) is 16.0. The molecule has 0 fully saturated rings. The second kappa shape index (κ2) is 10.3. The maximum Gasteiger partial charge on any atom is 0.227 e. The number of benzene rings is 2. The minimum absolute atomic E-state index is 0.0905. The van der Waals surface area contributed by atoms with E-state index in [1.54, 1.807) is 26.4 Å². The number of hydrogen-bond donors (Lipinski definition) is 2. The zero-order chi connectivity index (χ0) is 21.5. The van der Waals surface area contributed by atoms with Crippen LogP contribution in [0, 0.1) is 0 Å². The Morgan fingerprint density at radius 2 is 1.80 bits per heavy atom. The molecule has 1 aliphatic heterocycles. The summed E-state index contributed by atoms with van der Waals surface area (Å²) in [6.45, 7) is 2.50. The molecule has 2 aromatic carbocycles. The summed E-state index contributed by atoms with van der Waals surface area (Å²) in [5.41, 5.74) is 3.41. The summed E-state index contributed by atoms with van der Waals surface area (Å²) in [5, 5.41) is 12.4. The highest BCUT2D eigenvalue weighted by molar-refractivity contribution is 5.85. The van der Waals surface area contributed by atoms with E-state index in [0.29, 0.717) is 23.8 Å². The Labute approximate surface area is 178 Å². The summed E-state index contributed by atoms with van der Waals surface area (Å²) in [6.07, 6.45) is 3.45. The molecule has 162 valence electrons. The first-order valence-electron chi connectivity index (χ1n) is 10.5. The SMILES string of the molecule is COc1cc2c(cc1OC)C(CCCN(C)CCc1ccc(O)cc1)C(=O)NCC2. The molecular weight excluding hydrogens is 380 g/mol.